The van der Waals surface area contributed by atoms with Crippen LogP contribution in [0, 0.1) is 5.82 Å². The van der Waals surface area contributed by atoms with Gasteiger partial charge in [-0.15, -0.1) is 0 Å². The number of carbonyl (C=O) groups excluding carboxylic acids is 1. The van der Waals surface area contributed by atoms with Crippen molar-refractivity contribution in [3.05, 3.63) is 58.6 Å². The Kier molecular flexibility index (Phi) is 4.57. The van der Waals surface area contributed by atoms with Gasteiger partial charge in [0, 0.05) is 24.0 Å². The Hall–Kier alpha value is -2.67. The minimum absolute atomic E-state index is 0.0223. The lowest BCUT2D eigenvalue weighted by Gasteiger charge is -2.17. The summed E-state index contributed by atoms with van der Waals surface area (Å²) in [6, 6.07) is 4.75. The van der Waals surface area contributed by atoms with Gasteiger partial charge in [-0.3, -0.25) is 9.78 Å². The van der Waals surface area contributed by atoms with Gasteiger partial charge >= 0.3 is 5.97 Å². The molecule has 0 radical (unpaired) electrons. The van der Waals surface area contributed by atoms with E-state index in [1.807, 2.05) is 0 Å². The van der Waals surface area contributed by atoms with Crippen LogP contribution in [0.5, 0.6) is 5.75 Å². The molecule has 8 heteroatoms. The predicted octanol–water partition coefficient (Wildman–Crippen LogP) is 2.18. The molecule has 1 aromatic heterocycles. The molecule has 0 bridgehead atoms. The van der Waals surface area contributed by atoms with E-state index in [-0.39, 0.29) is 21.9 Å². The molecule has 1 aromatic carbocycles. The normalized spacial score (nSPS) is 11.7. The van der Waals surface area contributed by atoms with Gasteiger partial charge in [0.1, 0.15) is 11.6 Å². The number of rotatable bonds is 5. The third kappa shape index (κ3) is 3.32. The first-order valence-electron chi connectivity index (χ1n) is 5.98. The number of carboxylic acids is 1. The lowest BCUT2D eigenvalue weighted by atomic mass is 10.0. The standard InChI is InChI=1S/C14H10ClFN2O4/c15-10-2-1-7(5-11(10)16)22-12(13(17)19)9-6-18-4-3-8(9)14(20)21/h1-6,12H,(H2,17,19)(H,20,21). The van der Waals surface area contributed by atoms with Crippen molar-refractivity contribution in [3.63, 3.8) is 0 Å². The molecule has 3 N–H and O–H groups in total. The van der Waals surface area contributed by atoms with Crippen LogP contribution in [0.2, 0.25) is 5.02 Å². The number of primary amides is 1. The maximum Gasteiger partial charge on any atom is 0.336 e. The van der Waals surface area contributed by atoms with Crippen LogP contribution >= 0.6 is 11.6 Å². The van der Waals surface area contributed by atoms with Crippen molar-refractivity contribution >= 4 is 23.5 Å². The van der Waals surface area contributed by atoms with Crippen molar-refractivity contribution in [3.8, 4) is 5.75 Å². The zero-order valence-electron chi connectivity index (χ0n) is 11.0. The summed E-state index contributed by atoms with van der Waals surface area (Å²) in [5, 5.41) is 9.01. The highest BCUT2D eigenvalue weighted by atomic mass is 35.5. The average Bonchev–Trinajstić information content (AvgIpc) is 2.48. The number of carboxylic acid groups (broad SMARTS) is 1. The molecular formula is C14H10ClFN2O4. The van der Waals surface area contributed by atoms with E-state index in [4.69, 9.17) is 27.2 Å². The molecule has 1 heterocycles. The van der Waals surface area contributed by atoms with Crippen molar-refractivity contribution in [2.24, 2.45) is 5.73 Å². The Labute approximate surface area is 129 Å². The van der Waals surface area contributed by atoms with E-state index in [1.165, 1.54) is 24.4 Å². The minimum Gasteiger partial charge on any atom is -0.478 e. The van der Waals surface area contributed by atoms with E-state index in [0.29, 0.717) is 0 Å². The molecule has 22 heavy (non-hydrogen) atoms. The highest BCUT2D eigenvalue weighted by molar-refractivity contribution is 6.30. The van der Waals surface area contributed by atoms with Crippen molar-refractivity contribution in [2.45, 2.75) is 6.10 Å². The smallest absolute Gasteiger partial charge is 0.336 e. The van der Waals surface area contributed by atoms with Crippen LogP contribution in [0.25, 0.3) is 0 Å². The average molecular weight is 325 g/mol. The van der Waals surface area contributed by atoms with Crippen LogP contribution in [0.15, 0.2) is 36.7 Å². The molecule has 0 saturated heterocycles. The van der Waals surface area contributed by atoms with Gasteiger partial charge in [-0.25, -0.2) is 9.18 Å². The molecule has 114 valence electrons. The number of nitrogens with zero attached hydrogens (tertiary/aromatic N) is 1. The quantitative estimate of drug-likeness (QED) is 0.877. The maximum absolute atomic E-state index is 13.4. The Morgan fingerprint density at radius 2 is 2.09 bits per heavy atom. The summed E-state index contributed by atoms with van der Waals surface area (Å²) in [6.45, 7) is 0. The number of aromatic carboxylic acids is 1. The second kappa shape index (κ2) is 6.40. The summed E-state index contributed by atoms with van der Waals surface area (Å²) in [7, 11) is 0. The Morgan fingerprint density at radius 3 is 2.68 bits per heavy atom. The second-order valence-corrected chi connectivity index (χ2v) is 4.65. The maximum atomic E-state index is 13.4. The molecule has 1 unspecified atom stereocenters. The number of aromatic nitrogens is 1. The van der Waals surface area contributed by atoms with Crippen molar-refractivity contribution < 1.29 is 23.8 Å². The number of ether oxygens (including phenoxy) is 1. The number of nitrogens with two attached hydrogens (primary N) is 1. The predicted molar refractivity (Wildman–Crippen MR) is 75.2 cm³/mol. The van der Waals surface area contributed by atoms with E-state index in [9.17, 15) is 14.0 Å². The van der Waals surface area contributed by atoms with Crippen LogP contribution in [0.1, 0.15) is 22.0 Å². The lowest BCUT2D eigenvalue weighted by Crippen LogP contribution is -2.28. The van der Waals surface area contributed by atoms with Crippen molar-refractivity contribution in [1.82, 2.24) is 4.98 Å². The van der Waals surface area contributed by atoms with Crippen molar-refractivity contribution in [1.29, 1.82) is 0 Å². The zero-order chi connectivity index (χ0) is 16.3. The van der Waals surface area contributed by atoms with E-state index in [1.54, 1.807) is 0 Å². The van der Waals surface area contributed by atoms with Crippen LogP contribution in [-0.4, -0.2) is 22.0 Å². The highest BCUT2D eigenvalue weighted by Gasteiger charge is 2.26. The van der Waals surface area contributed by atoms with E-state index >= 15 is 0 Å². The summed E-state index contributed by atoms with van der Waals surface area (Å²) in [4.78, 5) is 26.5. The SMILES string of the molecule is NC(=O)C(Oc1ccc(Cl)c(F)c1)c1cnccc1C(=O)O. The molecule has 0 saturated carbocycles. The van der Waals surface area contributed by atoms with Gasteiger partial charge in [-0.1, -0.05) is 11.6 Å². The number of halogens is 2. The number of amides is 1. The van der Waals surface area contributed by atoms with Crippen LogP contribution in [0.3, 0.4) is 0 Å². The van der Waals surface area contributed by atoms with Crippen LogP contribution in [-0.2, 0) is 4.79 Å². The third-order valence-corrected chi connectivity index (χ3v) is 3.07. The molecule has 2 aromatic rings. The first-order chi connectivity index (χ1) is 10.4. The van der Waals surface area contributed by atoms with E-state index < -0.39 is 23.8 Å². The topological polar surface area (TPSA) is 103 Å². The van der Waals surface area contributed by atoms with Gasteiger partial charge in [-0.2, -0.15) is 0 Å². The Balaban J connectivity index is 2.41. The van der Waals surface area contributed by atoms with Crippen LogP contribution < -0.4 is 10.5 Å². The minimum atomic E-state index is -1.43. The molecule has 2 rings (SSSR count). The number of hydrogen-bond donors (Lipinski definition) is 2. The zero-order valence-corrected chi connectivity index (χ0v) is 11.7. The fourth-order valence-electron chi connectivity index (χ4n) is 1.77. The number of carbonyl (C=O) groups is 2. The molecule has 0 aliphatic heterocycles. The molecule has 0 spiro atoms. The Morgan fingerprint density at radius 1 is 1.36 bits per heavy atom. The van der Waals surface area contributed by atoms with E-state index in [2.05, 4.69) is 4.98 Å². The van der Waals surface area contributed by atoms with Crippen molar-refractivity contribution in [2.75, 3.05) is 0 Å². The number of pyridine rings is 1. The fraction of sp³-hybridized carbons (Fsp3) is 0.0714. The molecule has 0 fully saturated rings. The monoisotopic (exact) mass is 324 g/mol. The molecule has 1 amide bonds. The first kappa shape index (κ1) is 15.7. The highest BCUT2D eigenvalue weighted by Crippen LogP contribution is 2.27. The van der Waals surface area contributed by atoms with Gasteiger partial charge in [0.15, 0.2) is 0 Å². The van der Waals surface area contributed by atoms with Gasteiger partial charge < -0.3 is 15.6 Å². The molecule has 6 nitrogen and oxygen atoms in total. The van der Waals surface area contributed by atoms with Gasteiger partial charge in [0.25, 0.3) is 5.91 Å². The summed E-state index contributed by atoms with van der Waals surface area (Å²) in [6.07, 6.45) is 0.985. The summed E-state index contributed by atoms with van der Waals surface area (Å²) in [5.41, 5.74) is 5.03. The molecular weight excluding hydrogens is 315 g/mol. The summed E-state index contributed by atoms with van der Waals surface area (Å²) < 4.78 is 18.7. The lowest BCUT2D eigenvalue weighted by molar-refractivity contribution is -0.125. The summed E-state index contributed by atoms with van der Waals surface area (Å²) in [5.74, 6) is -2.97. The van der Waals surface area contributed by atoms with Gasteiger partial charge in [-0.05, 0) is 18.2 Å². The molecule has 0 aliphatic carbocycles. The largest absolute Gasteiger partial charge is 0.478 e. The van der Waals surface area contributed by atoms with E-state index in [0.717, 1.165) is 12.3 Å². The number of hydrogen-bond acceptors (Lipinski definition) is 4. The fourth-order valence-corrected chi connectivity index (χ4v) is 1.89. The third-order valence-electron chi connectivity index (χ3n) is 2.77. The molecule has 1 atom stereocenters. The van der Waals surface area contributed by atoms with Gasteiger partial charge in [0.2, 0.25) is 6.10 Å². The van der Waals surface area contributed by atoms with Gasteiger partial charge in [0.05, 0.1) is 10.6 Å². The second-order valence-electron chi connectivity index (χ2n) is 4.24. The van der Waals surface area contributed by atoms with Crippen LogP contribution in [0.4, 0.5) is 4.39 Å². The summed E-state index contributed by atoms with van der Waals surface area (Å²) >= 11 is 5.55. The first-order valence-corrected chi connectivity index (χ1v) is 6.36. The molecule has 0 aliphatic rings. The number of benzene rings is 1. The Bertz CT molecular complexity index is 739.